The van der Waals surface area contributed by atoms with Crippen LogP contribution in [-0.4, -0.2) is 24.0 Å². The Hall–Kier alpha value is -0.940. The molecule has 1 aromatic heterocycles. The highest BCUT2D eigenvalue weighted by Crippen LogP contribution is 2.26. The smallest absolute Gasteiger partial charge is 0.236 e. The number of hydrogen-bond donors (Lipinski definition) is 2. The number of amides is 1. The number of nitrogens with one attached hydrogen (secondary N) is 2. The summed E-state index contributed by atoms with van der Waals surface area (Å²) < 4.78 is 0. The van der Waals surface area contributed by atoms with Gasteiger partial charge in [0.1, 0.15) is 0 Å². The minimum atomic E-state index is -0.139. The van der Waals surface area contributed by atoms with Crippen LogP contribution in [0.5, 0.6) is 0 Å². The zero-order chi connectivity index (χ0) is 15.3. The van der Waals surface area contributed by atoms with Crippen molar-refractivity contribution in [2.45, 2.75) is 59.0 Å². The predicted octanol–water partition coefficient (Wildman–Crippen LogP) is 2.69. The van der Waals surface area contributed by atoms with Gasteiger partial charge in [-0.1, -0.05) is 34.6 Å². The largest absolute Gasteiger partial charge is 0.358 e. The summed E-state index contributed by atoms with van der Waals surface area (Å²) in [5.74, 6) is 0.538. The van der Waals surface area contributed by atoms with Crippen LogP contribution in [0.15, 0.2) is 6.20 Å². The molecule has 0 aromatic carbocycles. The molecular weight excluding hydrogens is 270 g/mol. The Labute approximate surface area is 126 Å². The molecule has 0 radical (unpaired) electrons. The van der Waals surface area contributed by atoms with Gasteiger partial charge in [-0.05, 0) is 12.3 Å². The highest BCUT2D eigenvalue weighted by Gasteiger charge is 2.20. The van der Waals surface area contributed by atoms with Gasteiger partial charge >= 0.3 is 0 Å². The zero-order valence-corrected chi connectivity index (χ0v) is 14.2. The molecule has 0 aliphatic carbocycles. The number of carbonyl (C=O) groups is 1. The highest BCUT2D eigenvalue weighted by molar-refractivity contribution is 7.11. The Morgan fingerprint density at radius 2 is 2.05 bits per heavy atom. The first-order valence-corrected chi connectivity index (χ1v) is 7.96. The molecule has 0 fully saturated rings. The normalized spacial score (nSPS) is 13.6. The molecule has 20 heavy (non-hydrogen) atoms. The maximum absolute atomic E-state index is 11.8. The van der Waals surface area contributed by atoms with Crippen molar-refractivity contribution in [2.75, 3.05) is 7.05 Å². The molecule has 1 rings (SSSR count). The molecule has 0 aliphatic rings. The Kier molecular flexibility index (Phi) is 6.14. The van der Waals surface area contributed by atoms with Gasteiger partial charge in [0.2, 0.25) is 5.91 Å². The van der Waals surface area contributed by atoms with Gasteiger partial charge in [0.05, 0.1) is 11.0 Å². The molecule has 0 spiro atoms. The molecule has 1 atom stereocenters. The number of nitrogens with zero attached hydrogens (tertiary/aromatic N) is 1. The average molecular weight is 297 g/mol. The Morgan fingerprint density at radius 3 is 2.50 bits per heavy atom. The molecule has 1 heterocycles. The van der Waals surface area contributed by atoms with Crippen LogP contribution in [-0.2, 0) is 16.8 Å². The van der Waals surface area contributed by atoms with E-state index in [9.17, 15) is 4.79 Å². The fraction of sp³-hybridized carbons (Fsp3) is 0.733. The second kappa shape index (κ2) is 7.18. The van der Waals surface area contributed by atoms with Gasteiger partial charge in [0.15, 0.2) is 0 Å². The summed E-state index contributed by atoms with van der Waals surface area (Å²) in [4.78, 5) is 17.5. The number of likely N-dealkylation sites (N-methyl/N-ethyl adjacent to an activating group) is 1. The summed E-state index contributed by atoms with van der Waals surface area (Å²) in [7, 11) is 1.68. The number of aromatic nitrogens is 1. The Morgan fingerprint density at radius 1 is 1.40 bits per heavy atom. The van der Waals surface area contributed by atoms with Crippen LogP contribution in [0.1, 0.15) is 50.9 Å². The zero-order valence-electron chi connectivity index (χ0n) is 13.4. The lowest BCUT2D eigenvalue weighted by Gasteiger charge is -2.18. The molecule has 0 saturated carbocycles. The topological polar surface area (TPSA) is 54.0 Å². The molecule has 0 saturated heterocycles. The van der Waals surface area contributed by atoms with Gasteiger partial charge in [0.25, 0.3) is 0 Å². The van der Waals surface area contributed by atoms with Crippen molar-refractivity contribution in [1.29, 1.82) is 0 Å². The monoisotopic (exact) mass is 297 g/mol. The van der Waals surface area contributed by atoms with E-state index in [1.54, 1.807) is 18.4 Å². The molecular formula is C15H27N3OS. The predicted molar refractivity (Wildman–Crippen MR) is 85.0 cm³/mol. The molecule has 1 amide bonds. The first kappa shape index (κ1) is 17.1. The maximum atomic E-state index is 11.8. The van der Waals surface area contributed by atoms with Gasteiger partial charge in [-0.25, -0.2) is 4.98 Å². The fourth-order valence-corrected chi connectivity index (χ4v) is 2.81. The van der Waals surface area contributed by atoms with Crippen molar-refractivity contribution in [1.82, 2.24) is 15.6 Å². The van der Waals surface area contributed by atoms with Crippen LogP contribution in [0.3, 0.4) is 0 Å². The Bertz CT molecular complexity index is 435. The summed E-state index contributed by atoms with van der Waals surface area (Å²) in [6.07, 6.45) is 2.75. The number of carbonyl (C=O) groups excluding carboxylic acids is 1. The van der Waals surface area contributed by atoms with E-state index in [1.165, 1.54) is 4.88 Å². The summed E-state index contributed by atoms with van der Waals surface area (Å²) in [5, 5.41) is 7.20. The first-order chi connectivity index (χ1) is 9.24. The van der Waals surface area contributed by atoms with Crippen LogP contribution in [0.4, 0.5) is 0 Å². The van der Waals surface area contributed by atoms with Crippen molar-refractivity contribution in [2.24, 2.45) is 5.92 Å². The SMILES string of the molecule is CNC(=O)C(CC(C)C)NCc1cnc(C(C)(C)C)s1. The second-order valence-electron chi connectivity index (χ2n) is 6.56. The van der Waals surface area contributed by atoms with Crippen LogP contribution in [0, 0.1) is 5.92 Å². The van der Waals surface area contributed by atoms with Gasteiger partial charge < -0.3 is 10.6 Å². The average Bonchev–Trinajstić information content (AvgIpc) is 2.81. The van der Waals surface area contributed by atoms with Crippen LogP contribution < -0.4 is 10.6 Å². The van der Waals surface area contributed by atoms with Crippen molar-refractivity contribution >= 4 is 17.2 Å². The van der Waals surface area contributed by atoms with Crippen molar-refractivity contribution in [3.05, 3.63) is 16.1 Å². The van der Waals surface area contributed by atoms with E-state index in [1.807, 2.05) is 6.20 Å². The fourth-order valence-electron chi connectivity index (χ4n) is 1.89. The minimum absolute atomic E-state index is 0.0549. The van der Waals surface area contributed by atoms with Crippen LogP contribution in [0.25, 0.3) is 0 Å². The molecule has 1 unspecified atom stereocenters. The quantitative estimate of drug-likeness (QED) is 0.849. The van der Waals surface area contributed by atoms with E-state index >= 15 is 0 Å². The summed E-state index contributed by atoms with van der Waals surface area (Å²) in [5.41, 5.74) is 0.0844. The minimum Gasteiger partial charge on any atom is -0.358 e. The lowest BCUT2D eigenvalue weighted by molar-refractivity contribution is -0.123. The molecule has 0 bridgehead atoms. The molecule has 4 nitrogen and oxygen atoms in total. The molecule has 114 valence electrons. The molecule has 2 N–H and O–H groups in total. The van der Waals surface area contributed by atoms with Crippen LogP contribution >= 0.6 is 11.3 Å². The van der Waals surface area contributed by atoms with E-state index in [0.717, 1.165) is 11.4 Å². The number of thiazole rings is 1. The van der Waals surface area contributed by atoms with E-state index in [-0.39, 0.29) is 17.4 Å². The van der Waals surface area contributed by atoms with Crippen molar-refractivity contribution in [3.63, 3.8) is 0 Å². The van der Waals surface area contributed by atoms with Gasteiger partial charge in [-0.15, -0.1) is 11.3 Å². The molecule has 1 aromatic rings. The lowest BCUT2D eigenvalue weighted by atomic mass is 9.98. The summed E-state index contributed by atoms with van der Waals surface area (Å²) in [6, 6.07) is -0.139. The molecule has 0 aliphatic heterocycles. The third kappa shape index (κ3) is 5.21. The first-order valence-electron chi connectivity index (χ1n) is 7.14. The summed E-state index contributed by atoms with van der Waals surface area (Å²) >= 11 is 1.71. The summed E-state index contributed by atoms with van der Waals surface area (Å²) in [6.45, 7) is 11.4. The van der Waals surface area contributed by atoms with Crippen molar-refractivity contribution < 1.29 is 4.79 Å². The van der Waals surface area contributed by atoms with E-state index < -0.39 is 0 Å². The third-order valence-electron chi connectivity index (χ3n) is 2.99. The van der Waals surface area contributed by atoms with Crippen LogP contribution in [0.2, 0.25) is 0 Å². The Balaban J connectivity index is 2.63. The van der Waals surface area contributed by atoms with Gasteiger partial charge in [0, 0.05) is 30.1 Å². The van der Waals surface area contributed by atoms with E-state index in [4.69, 9.17) is 0 Å². The molecule has 5 heteroatoms. The van der Waals surface area contributed by atoms with E-state index in [0.29, 0.717) is 12.5 Å². The third-order valence-corrected chi connectivity index (χ3v) is 4.41. The van der Waals surface area contributed by atoms with Crippen molar-refractivity contribution in [3.8, 4) is 0 Å². The van der Waals surface area contributed by atoms with E-state index in [2.05, 4.69) is 50.2 Å². The lowest BCUT2D eigenvalue weighted by Crippen LogP contribution is -2.43. The maximum Gasteiger partial charge on any atom is 0.236 e. The number of hydrogen-bond acceptors (Lipinski definition) is 4. The standard InChI is InChI=1S/C15H27N3OS/c1-10(2)7-12(13(19)16-6)17-8-11-9-18-14(20-11)15(3,4)5/h9-10,12,17H,7-8H2,1-6H3,(H,16,19). The van der Waals surface area contributed by atoms with Gasteiger partial charge in [-0.3, -0.25) is 4.79 Å². The number of rotatable bonds is 6. The highest BCUT2D eigenvalue weighted by atomic mass is 32.1. The second-order valence-corrected chi connectivity index (χ2v) is 7.67. The van der Waals surface area contributed by atoms with Gasteiger partial charge in [-0.2, -0.15) is 0 Å².